The number of nitrogen functional groups attached to an aromatic ring is 1. The number of carbonyl (C=O) groups is 2. The van der Waals surface area contributed by atoms with Crippen molar-refractivity contribution >= 4 is 23.3 Å². The van der Waals surface area contributed by atoms with E-state index in [1.54, 1.807) is 38.2 Å². The van der Waals surface area contributed by atoms with Gasteiger partial charge in [-0.05, 0) is 31.5 Å². The van der Waals surface area contributed by atoms with E-state index in [0.29, 0.717) is 22.8 Å². The predicted molar refractivity (Wildman–Crippen MR) is 82.4 cm³/mol. The Morgan fingerprint density at radius 3 is 2.68 bits per heavy atom. The second-order valence-electron chi connectivity index (χ2n) is 5.11. The van der Waals surface area contributed by atoms with Gasteiger partial charge in [0.25, 0.3) is 5.91 Å². The van der Waals surface area contributed by atoms with Crippen molar-refractivity contribution in [2.75, 3.05) is 24.6 Å². The first-order chi connectivity index (χ1) is 10.4. The van der Waals surface area contributed by atoms with Crippen LogP contribution in [0.25, 0.3) is 0 Å². The molecule has 0 radical (unpaired) electrons. The van der Waals surface area contributed by atoms with E-state index < -0.39 is 0 Å². The summed E-state index contributed by atoms with van der Waals surface area (Å²) in [5.74, 6) is 0.292. The number of hydrogen-bond donors (Lipinski definition) is 2. The van der Waals surface area contributed by atoms with E-state index in [-0.39, 0.29) is 18.4 Å². The fraction of sp³-hybridized carbons (Fsp3) is 0.267. The number of nitrogens with two attached hydrogens (primary N) is 1. The van der Waals surface area contributed by atoms with Gasteiger partial charge in [-0.15, -0.1) is 0 Å². The van der Waals surface area contributed by atoms with E-state index in [0.717, 1.165) is 5.56 Å². The van der Waals surface area contributed by atoms with E-state index in [1.165, 1.54) is 4.90 Å². The maximum absolute atomic E-state index is 12.4. The van der Waals surface area contributed by atoms with Crippen LogP contribution in [0.4, 0.5) is 11.5 Å². The molecule has 2 aromatic rings. The monoisotopic (exact) mass is 302 g/mol. The second-order valence-corrected chi connectivity index (χ2v) is 5.11. The number of aromatic nitrogens is 1. The van der Waals surface area contributed by atoms with Crippen molar-refractivity contribution in [3.8, 4) is 0 Å². The van der Waals surface area contributed by atoms with Gasteiger partial charge in [0.1, 0.15) is 5.76 Å². The zero-order valence-electron chi connectivity index (χ0n) is 12.7. The number of rotatable bonds is 4. The average Bonchev–Trinajstić information content (AvgIpc) is 2.85. The lowest BCUT2D eigenvalue weighted by Crippen LogP contribution is -2.35. The van der Waals surface area contributed by atoms with Crippen LogP contribution in [0.1, 0.15) is 21.7 Å². The largest absolute Gasteiger partial charge is 0.399 e. The predicted octanol–water partition coefficient (Wildman–Crippen LogP) is 1.58. The molecule has 0 unspecified atom stereocenters. The van der Waals surface area contributed by atoms with Crippen molar-refractivity contribution in [1.29, 1.82) is 0 Å². The van der Waals surface area contributed by atoms with E-state index in [4.69, 9.17) is 10.3 Å². The fourth-order valence-corrected chi connectivity index (χ4v) is 1.97. The summed E-state index contributed by atoms with van der Waals surface area (Å²) >= 11 is 0. The average molecular weight is 302 g/mol. The highest BCUT2D eigenvalue weighted by molar-refractivity contribution is 6.00. The quantitative estimate of drug-likeness (QED) is 0.835. The van der Waals surface area contributed by atoms with Crippen LogP contribution in [0.5, 0.6) is 0 Å². The summed E-state index contributed by atoms with van der Waals surface area (Å²) in [7, 11) is 1.55. The molecule has 116 valence electrons. The Labute approximate surface area is 128 Å². The molecular formula is C15H18N4O3. The zero-order valence-corrected chi connectivity index (χ0v) is 12.7. The summed E-state index contributed by atoms with van der Waals surface area (Å²) in [5.41, 5.74) is 7.49. The molecular weight excluding hydrogens is 284 g/mol. The Balaban J connectivity index is 2.01. The number of benzene rings is 1. The number of likely N-dealkylation sites (N-methyl/N-ethyl adjacent to an activating group) is 1. The van der Waals surface area contributed by atoms with Gasteiger partial charge in [0.2, 0.25) is 5.91 Å². The molecule has 0 fully saturated rings. The van der Waals surface area contributed by atoms with Gasteiger partial charge in [-0.1, -0.05) is 11.2 Å². The molecule has 22 heavy (non-hydrogen) atoms. The van der Waals surface area contributed by atoms with Crippen molar-refractivity contribution in [2.24, 2.45) is 0 Å². The molecule has 3 N–H and O–H groups in total. The van der Waals surface area contributed by atoms with Crippen molar-refractivity contribution < 1.29 is 14.1 Å². The highest BCUT2D eigenvalue weighted by atomic mass is 16.5. The fourth-order valence-electron chi connectivity index (χ4n) is 1.97. The van der Waals surface area contributed by atoms with Crippen LogP contribution in [0.15, 0.2) is 28.8 Å². The first-order valence-electron chi connectivity index (χ1n) is 6.71. The minimum Gasteiger partial charge on any atom is -0.399 e. The highest BCUT2D eigenvalue weighted by Crippen LogP contribution is 2.14. The number of hydrogen-bond acceptors (Lipinski definition) is 5. The van der Waals surface area contributed by atoms with Crippen LogP contribution < -0.4 is 11.1 Å². The standard InChI is InChI=1S/C15H18N4O3/c1-9-4-5-11(16)7-12(9)15(21)19(3)8-14(20)17-13-6-10(2)22-18-13/h4-7H,8,16H2,1-3H3,(H,17,18,20). The summed E-state index contributed by atoms with van der Waals surface area (Å²) in [5, 5.41) is 6.23. The molecule has 7 nitrogen and oxygen atoms in total. The molecule has 0 saturated heterocycles. The molecule has 1 aromatic heterocycles. The third kappa shape index (κ3) is 3.63. The Bertz CT molecular complexity index is 709. The van der Waals surface area contributed by atoms with Crippen LogP contribution in [0, 0.1) is 13.8 Å². The number of anilines is 2. The van der Waals surface area contributed by atoms with Crippen molar-refractivity contribution in [1.82, 2.24) is 10.1 Å². The van der Waals surface area contributed by atoms with Crippen LogP contribution >= 0.6 is 0 Å². The lowest BCUT2D eigenvalue weighted by molar-refractivity contribution is -0.116. The zero-order chi connectivity index (χ0) is 16.3. The van der Waals surface area contributed by atoms with Gasteiger partial charge in [-0.25, -0.2) is 0 Å². The van der Waals surface area contributed by atoms with Gasteiger partial charge >= 0.3 is 0 Å². The summed E-state index contributed by atoms with van der Waals surface area (Å²) in [4.78, 5) is 25.6. The molecule has 1 aromatic carbocycles. The molecule has 0 aliphatic heterocycles. The second kappa shape index (κ2) is 6.30. The summed E-state index contributed by atoms with van der Waals surface area (Å²) < 4.78 is 4.86. The Morgan fingerprint density at radius 1 is 1.32 bits per heavy atom. The molecule has 2 amide bonds. The van der Waals surface area contributed by atoms with E-state index in [9.17, 15) is 9.59 Å². The SMILES string of the molecule is Cc1cc(NC(=O)CN(C)C(=O)c2cc(N)ccc2C)no1. The van der Waals surface area contributed by atoms with Gasteiger partial charge < -0.3 is 20.5 Å². The molecule has 0 atom stereocenters. The third-order valence-corrected chi connectivity index (χ3v) is 3.11. The summed E-state index contributed by atoms with van der Waals surface area (Å²) in [6.07, 6.45) is 0. The number of nitrogens with one attached hydrogen (secondary N) is 1. The minimum atomic E-state index is -0.356. The number of aryl methyl sites for hydroxylation is 2. The third-order valence-electron chi connectivity index (χ3n) is 3.11. The number of nitrogens with zero attached hydrogens (tertiary/aromatic N) is 2. The van der Waals surface area contributed by atoms with Crippen LogP contribution in [-0.4, -0.2) is 35.5 Å². The van der Waals surface area contributed by atoms with Gasteiger partial charge in [0.05, 0.1) is 6.54 Å². The van der Waals surface area contributed by atoms with Crippen LogP contribution in [-0.2, 0) is 4.79 Å². The maximum Gasteiger partial charge on any atom is 0.254 e. The summed E-state index contributed by atoms with van der Waals surface area (Å²) in [6, 6.07) is 6.70. The molecule has 0 aliphatic carbocycles. The van der Waals surface area contributed by atoms with Gasteiger partial charge in [0, 0.05) is 24.4 Å². The topological polar surface area (TPSA) is 101 Å². The normalized spacial score (nSPS) is 10.3. The lowest BCUT2D eigenvalue weighted by Gasteiger charge is -2.17. The molecule has 0 spiro atoms. The molecule has 0 saturated carbocycles. The van der Waals surface area contributed by atoms with E-state index >= 15 is 0 Å². The van der Waals surface area contributed by atoms with Crippen molar-refractivity contribution in [2.45, 2.75) is 13.8 Å². The lowest BCUT2D eigenvalue weighted by atomic mass is 10.1. The van der Waals surface area contributed by atoms with Crippen molar-refractivity contribution in [3.05, 3.63) is 41.2 Å². The molecule has 0 bridgehead atoms. The van der Waals surface area contributed by atoms with Crippen molar-refractivity contribution in [3.63, 3.8) is 0 Å². The Hall–Kier alpha value is -2.83. The first kappa shape index (κ1) is 15.6. The molecule has 2 rings (SSSR count). The maximum atomic E-state index is 12.4. The number of amides is 2. The van der Waals surface area contributed by atoms with Crippen LogP contribution in [0.2, 0.25) is 0 Å². The minimum absolute atomic E-state index is 0.0982. The molecule has 7 heteroatoms. The Morgan fingerprint density at radius 2 is 2.05 bits per heavy atom. The van der Waals surface area contributed by atoms with Gasteiger partial charge in [-0.2, -0.15) is 0 Å². The van der Waals surface area contributed by atoms with E-state index in [2.05, 4.69) is 10.5 Å². The number of carbonyl (C=O) groups excluding carboxylic acids is 2. The van der Waals surface area contributed by atoms with Gasteiger partial charge in [-0.3, -0.25) is 9.59 Å². The molecule has 0 aliphatic rings. The van der Waals surface area contributed by atoms with Crippen LogP contribution in [0.3, 0.4) is 0 Å². The summed E-state index contributed by atoms with van der Waals surface area (Å²) in [6.45, 7) is 3.44. The van der Waals surface area contributed by atoms with Gasteiger partial charge in [0.15, 0.2) is 5.82 Å². The highest BCUT2D eigenvalue weighted by Gasteiger charge is 2.17. The Kier molecular flexibility index (Phi) is 4.45. The van der Waals surface area contributed by atoms with E-state index in [1.807, 2.05) is 6.92 Å². The molecule has 1 heterocycles. The smallest absolute Gasteiger partial charge is 0.254 e. The first-order valence-corrected chi connectivity index (χ1v) is 6.71.